The van der Waals surface area contributed by atoms with Crippen LogP contribution in [-0.2, 0) is 0 Å². The maximum Gasteiger partial charge on any atom is 0.433 e. The van der Waals surface area contributed by atoms with E-state index >= 15 is 0 Å². The number of nitrogens with zero attached hydrogens (tertiary/aromatic N) is 2. The standard InChI is InChI=1S/C25H21N3O4/c29-23-20-12-3-8-17-9-4-13-21(22(17)20)24(30)28(23)18-10-5-11-19(14-18)32-25(31)27-26-15-16-6-1-2-7-16/h3-5,8-16H,1-2,6-7H2,(H,27,31). The second kappa shape index (κ2) is 8.26. The number of ether oxygens (including phenoxy) is 1. The summed E-state index contributed by atoms with van der Waals surface area (Å²) in [4.78, 5) is 39.6. The molecule has 3 amide bonds. The molecule has 0 bridgehead atoms. The molecule has 3 aromatic carbocycles. The number of hydrogen-bond donors (Lipinski definition) is 1. The largest absolute Gasteiger partial charge is 0.433 e. The number of benzene rings is 3. The topological polar surface area (TPSA) is 88.1 Å². The Morgan fingerprint density at radius 2 is 1.62 bits per heavy atom. The molecule has 1 saturated carbocycles. The van der Waals surface area contributed by atoms with Gasteiger partial charge in [0.25, 0.3) is 11.8 Å². The van der Waals surface area contributed by atoms with Gasteiger partial charge in [-0.25, -0.2) is 15.1 Å². The number of rotatable bonds is 4. The van der Waals surface area contributed by atoms with Gasteiger partial charge in [0.05, 0.1) is 5.69 Å². The molecule has 1 fully saturated rings. The molecule has 0 unspecified atom stereocenters. The fraction of sp³-hybridized carbons (Fsp3) is 0.200. The molecule has 1 aliphatic heterocycles. The number of nitrogens with one attached hydrogen (secondary N) is 1. The van der Waals surface area contributed by atoms with Gasteiger partial charge < -0.3 is 4.74 Å². The number of anilines is 1. The first-order valence-electron chi connectivity index (χ1n) is 10.6. The zero-order valence-electron chi connectivity index (χ0n) is 17.3. The van der Waals surface area contributed by atoms with Crippen LogP contribution in [0.2, 0.25) is 0 Å². The van der Waals surface area contributed by atoms with Crippen LogP contribution in [0.25, 0.3) is 10.8 Å². The quantitative estimate of drug-likeness (QED) is 0.364. The van der Waals surface area contributed by atoms with Crippen molar-refractivity contribution in [3.63, 3.8) is 0 Å². The van der Waals surface area contributed by atoms with E-state index in [1.54, 1.807) is 48.7 Å². The second-order valence-corrected chi connectivity index (χ2v) is 7.98. The summed E-state index contributed by atoms with van der Waals surface area (Å²) < 4.78 is 5.30. The van der Waals surface area contributed by atoms with Crippen LogP contribution in [0.1, 0.15) is 46.4 Å². The van der Waals surface area contributed by atoms with Crippen molar-refractivity contribution < 1.29 is 19.1 Å². The molecule has 0 radical (unpaired) electrons. The van der Waals surface area contributed by atoms with Gasteiger partial charge >= 0.3 is 6.09 Å². The van der Waals surface area contributed by atoms with Gasteiger partial charge in [-0.1, -0.05) is 43.2 Å². The molecule has 0 spiro atoms. The smallest absolute Gasteiger partial charge is 0.409 e. The summed E-state index contributed by atoms with van der Waals surface area (Å²) in [6.07, 6.45) is 5.53. The van der Waals surface area contributed by atoms with Gasteiger partial charge in [-0.15, -0.1) is 0 Å². The number of hydrogen-bond acceptors (Lipinski definition) is 5. The Hall–Kier alpha value is -4.00. The highest BCUT2D eigenvalue weighted by Gasteiger charge is 2.34. The minimum atomic E-state index is -0.734. The molecule has 160 valence electrons. The molecule has 1 N–H and O–H groups in total. The van der Waals surface area contributed by atoms with Crippen LogP contribution in [0.15, 0.2) is 65.8 Å². The zero-order chi connectivity index (χ0) is 22.1. The van der Waals surface area contributed by atoms with E-state index in [0.29, 0.717) is 28.1 Å². The fourth-order valence-corrected chi connectivity index (χ4v) is 4.38. The van der Waals surface area contributed by atoms with Crippen molar-refractivity contribution in [3.05, 3.63) is 71.8 Å². The third-order valence-electron chi connectivity index (χ3n) is 5.90. The van der Waals surface area contributed by atoms with Gasteiger partial charge in [0, 0.05) is 28.8 Å². The van der Waals surface area contributed by atoms with Crippen molar-refractivity contribution in [2.75, 3.05) is 4.90 Å². The lowest BCUT2D eigenvalue weighted by molar-refractivity contribution is 0.0893. The Morgan fingerprint density at radius 3 is 2.31 bits per heavy atom. The summed E-state index contributed by atoms with van der Waals surface area (Å²) in [7, 11) is 0. The van der Waals surface area contributed by atoms with Gasteiger partial charge in [-0.05, 0) is 48.4 Å². The van der Waals surface area contributed by atoms with Crippen LogP contribution >= 0.6 is 0 Å². The van der Waals surface area contributed by atoms with Crippen molar-refractivity contribution in [1.29, 1.82) is 0 Å². The SMILES string of the molecule is O=C(NN=CC1CCCC1)Oc1cccc(N2C(=O)c3cccc4cccc(c34)C2=O)c1. The predicted molar refractivity (Wildman–Crippen MR) is 121 cm³/mol. The highest BCUT2D eigenvalue weighted by atomic mass is 16.6. The highest BCUT2D eigenvalue weighted by molar-refractivity contribution is 6.35. The molecule has 2 aliphatic rings. The van der Waals surface area contributed by atoms with Crippen LogP contribution in [0.3, 0.4) is 0 Å². The van der Waals surface area contributed by atoms with Crippen molar-refractivity contribution in [1.82, 2.24) is 5.43 Å². The third-order valence-corrected chi connectivity index (χ3v) is 5.90. The number of hydrazone groups is 1. The summed E-state index contributed by atoms with van der Waals surface area (Å²) in [5.74, 6) is -0.236. The van der Waals surface area contributed by atoms with E-state index in [1.807, 2.05) is 12.1 Å². The molecule has 1 aliphatic carbocycles. The Morgan fingerprint density at radius 1 is 0.969 bits per heavy atom. The molecular formula is C25H21N3O4. The minimum absolute atomic E-state index is 0.203. The molecule has 0 atom stereocenters. The summed E-state index contributed by atoms with van der Waals surface area (Å²) in [6, 6.07) is 17.1. The number of amides is 3. The van der Waals surface area contributed by atoms with Crippen molar-refractivity contribution in [2.45, 2.75) is 25.7 Å². The molecule has 3 aromatic rings. The molecule has 1 heterocycles. The number of carbonyl (C=O) groups excluding carboxylic acids is 3. The summed E-state index contributed by atoms with van der Waals surface area (Å²) in [5.41, 5.74) is 3.61. The fourth-order valence-electron chi connectivity index (χ4n) is 4.38. The van der Waals surface area contributed by atoms with Crippen LogP contribution in [0, 0.1) is 5.92 Å². The first-order chi connectivity index (χ1) is 15.6. The monoisotopic (exact) mass is 427 g/mol. The average molecular weight is 427 g/mol. The normalized spacial score (nSPS) is 16.2. The summed E-state index contributed by atoms with van der Waals surface area (Å²) >= 11 is 0. The summed E-state index contributed by atoms with van der Waals surface area (Å²) in [6.45, 7) is 0. The second-order valence-electron chi connectivity index (χ2n) is 7.98. The van der Waals surface area contributed by atoms with Gasteiger partial charge in [-0.3, -0.25) is 9.59 Å². The molecule has 5 rings (SSSR count). The molecular weight excluding hydrogens is 406 g/mol. The number of imide groups is 1. The molecule has 0 saturated heterocycles. The van der Waals surface area contributed by atoms with E-state index in [1.165, 1.54) is 18.9 Å². The lowest BCUT2D eigenvalue weighted by atomic mass is 9.94. The van der Waals surface area contributed by atoms with E-state index in [0.717, 1.165) is 23.1 Å². The van der Waals surface area contributed by atoms with Crippen molar-refractivity contribution in [3.8, 4) is 5.75 Å². The maximum absolute atomic E-state index is 13.2. The third kappa shape index (κ3) is 3.62. The Kier molecular flexibility index (Phi) is 5.15. The molecule has 7 heteroatoms. The van der Waals surface area contributed by atoms with E-state index in [2.05, 4.69) is 10.5 Å². The maximum atomic E-state index is 13.2. The van der Waals surface area contributed by atoms with E-state index < -0.39 is 17.9 Å². The highest BCUT2D eigenvalue weighted by Crippen LogP contribution is 2.33. The minimum Gasteiger partial charge on any atom is -0.409 e. The van der Waals surface area contributed by atoms with Crippen LogP contribution in [0.4, 0.5) is 10.5 Å². The van der Waals surface area contributed by atoms with Crippen LogP contribution in [-0.4, -0.2) is 24.1 Å². The van der Waals surface area contributed by atoms with Crippen LogP contribution in [0.5, 0.6) is 5.75 Å². The summed E-state index contributed by atoms with van der Waals surface area (Å²) in [5, 5.41) is 5.47. The van der Waals surface area contributed by atoms with E-state index in [4.69, 9.17) is 4.74 Å². The molecule has 32 heavy (non-hydrogen) atoms. The average Bonchev–Trinajstić information content (AvgIpc) is 3.31. The first kappa shape index (κ1) is 19.9. The number of carbonyl (C=O) groups is 3. The van der Waals surface area contributed by atoms with Gasteiger partial charge in [0.1, 0.15) is 5.75 Å². The Labute approximate surface area is 184 Å². The predicted octanol–water partition coefficient (Wildman–Crippen LogP) is 4.90. The lowest BCUT2D eigenvalue weighted by Gasteiger charge is -2.27. The molecule has 0 aromatic heterocycles. The zero-order valence-corrected chi connectivity index (χ0v) is 17.3. The molecule has 7 nitrogen and oxygen atoms in total. The Balaban J connectivity index is 1.37. The van der Waals surface area contributed by atoms with Crippen LogP contribution < -0.4 is 15.1 Å². The van der Waals surface area contributed by atoms with E-state index in [-0.39, 0.29) is 5.75 Å². The van der Waals surface area contributed by atoms with Gasteiger partial charge in [0.2, 0.25) is 0 Å². The lowest BCUT2D eigenvalue weighted by Crippen LogP contribution is -2.40. The van der Waals surface area contributed by atoms with Gasteiger partial charge in [-0.2, -0.15) is 5.10 Å². The van der Waals surface area contributed by atoms with Crippen molar-refractivity contribution in [2.24, 2.45) is 11.0 Å². The van der Waals surface area contributed by atoms with Gasteiger partial charge in [0.15, 0.2) is 0 Å². The van der Waals surface area contributed by atoms with Crippen molar-refractivity contribution >= 4 is 40.6 Å². The Bertz CT molecular complexity index is 1210. The van der Waals surface area contributed by atoms with E-state index in [9.17, 15) is 14.4 Å². The first-order valence-corrected chi connectivity index (χ1v) is 10.6.